The number of hydrogen-bond donors (Lipinski definition) is 1. The van der Waals surface area contributed by atoms with E-state index in [9.17, 15) is 4.79 Å². The van der Waals surface area contributed by atoms with E-state index in [4.69, 9.17) is 0 Å². The molecule has 2 heterocycles. The van der Waals surface area contributed by atoms with E-state index < -0.39 is 0 Å². The molecule has 1 amide bonds. The van der Waals surface area contributed by atoms with Crippen LogP contribution in [0.25, 0.3) is 0 Å². The van der Waals surface area contributed by atoms with Gasteiger partial charge in [0.05, 0.1) is 5.71 Å². The van der Waals surface area contributed by atoms with Gasteiger partial charge in [-0.05, 0) is 30.5 Å². The first-order valence-electron chi connectivity index (χ1n) is 8.62. The van der Waals surface area contributed by atoms with Gasteiger partial charge in [0, 0.05) is 49.7 Å². The standard InChI is InChI=1S/C19H24N4OS/c1-16(18-8-5-15-25-18)20-21-19(24)9-10-22-11-13-23(14-12-22)17-6-3-2-4-7-17/h2-8,15H,9-14H2,1H3,(H,21,24)/b20-16-. The molecule has 3 rings (SSSR count). The Morgan fingerprint density at radius 2 is 1.88 bits per heavy atom. The van der Waals surface area contributed by atoms with Crippen molar-refractivity contribution in [3.05, 3.63) is 52.7 Å². The highest BCUT2D eigenvalue weighted by Gasteiger charge is 2.17. The number of piperazine rings is 1. The van der Waals surface area contributed by atoms with Crippen LogP contribution in [-0.4, -0.2) is 49.2 Å². The molecule has 5 nitrogen and oxygen atoms in total. The van der Waals surface area contributed by atoms with Crippen LogP contribution < -0.4 is 10.3 Å². The zero-order valence-electron chi connectivity index (χ0n) is 14.5. The summed E-state index contributed by atoms with van der Waals surface area (Å²) in [6.45, 7) is 6.67. The van der Waals surface area contributed by atoms with Crippen LogP contribution in [0.4, 0.5) is 5.69 Å². The quantitative estimate of drug-likeness (QED) is 0.640. The Balaban J connectivity index is 1.38. The highest BCUT2D eigenvalue weighted by atomic mass is 32.1. The van der Waals surface area contributed by atoms with Gasteiger partial charge >= 0.3 is 0 Å². The average Bonchev–Trinajstić information content (AvgIpc) is 3.20. The molecule has 2 aromatic rings. The molecular weight excluding hydrogens is 332 g/mol. The van der Waals surface area contributed by atoms with Crippen LogP contribution in [0.3, 0.4) is 0 Å². The second-order valence-electron chi connectivity index (χ2n) is 6.12. The molecule has 1 N–H and O–H groups in total. The number of carbonyl (C=O) groups is 1. The van der Waals surface area contributed by atoms with Gasteiger partial charge in [-0.3, -0.25) is 9.69 Å². The molecule has 0 saturated carbocycles. The highest BCUT2D eigenvalue weighted by molar-refractivity contribution is 7.12. The summed E-state index contributed by atoms with van der Waals surface area (Å²) in [4.78, 5) is 17.8. The third kappa shape index (κ3) is 5.14. The zero-order valence-corrected chi connectivity index (χ0v) is 15.3. The normalized spacial score (nSPS) is 16.0. The second-order valence-corrected chi connectivity index (χ2v) is 7.07. The van der Waals surface area contributed by atoms with Crippen LogP contribution in [0.15, 0.2) is 52.9 Å². The summed E-state index contributed by atoms with van der Waals surface area (Å²) in [7, 11) is 0. The predicted octanol–water partition coefficient (Wildman–Crippen LogP) is 2.80. The molecule has 0 unspecified atom stereocenters. The zero-order chi connectivity index (χ0) is 17.5. The van der Waals surface area contributed by atoms with Crippen LogP contribution in [0.1, 0.15) is 18.2 Å². The lowest BCUT2D eigenvalue weighted by Crippen LogP contribution is -2.47. The fraction of sp³-hybridized carbons (Fsp3) is 0.368. The summed E-state index contributed by atoms with van der Waals surface area (Å²) in [5.74, 6) is -0.0265. The number of carbonyl (C=O) groups excluding carboxylic acids is 1. The minimum absolute atomic E-state index is 0.0265. The van der Waals surface area contributed by atoms with Gasteiger partial charge in [0.15, 0.2) is 0 Å². The monoisotopic (exact) mass is 356 g/mol. The van der Waals surface area contributed by atoms with E-state index in [0.717, 1.165) is 43.3 Å². The van der Waals surface area contributed by atoms with Gasteiger partial charge in [-0.2, -0.15) is 5.10 Å². The first-order chi connectivity index (χ1) is 12.2. The molecule has 1 aromatic heterocycles. The summed E-state index contributed by atoms with van der Waals surface area (Å²) < 4.78 is 0. The van der Waals surface area contributed by atoms with Gasteiger partial charge in [0.25, 0.3) is 0 Å². The van der Waals surface area contributed by atoms with Crippen molar-refractivity contribution in [3.63, 3.8) is 0 Å². The van der Waals surface area contributed by atoms with Crippen molar-refractivity contribution in [1.82, 2.24) is 10.3 Å². The van der Waals surface area contributed by atoms with Gasteiger partial charge < -0.3 is 4.90 Å². The maximum Gasteiger partial charge on any atom is 0.241 e. The van der Waals surface area contributed by atoms with E-state index in [1.54, 1.807) is 11.3 Å². The van der Waals surface area contributed by atoms with Crippen molar-refractivity contribution in [2.75, 3.05) is 37.6 Å². The van der Waals surface area contributed by atoms with Gasteiger partial charge in [0.1, 0.15) is 0 Å². The molecular formula is C19H24N4OS. The lowest BCUT2D eigenvalue weighted by Gasteiger charge is -2.36. The SMILES string of the molecule is C/C(=N/NC(=O)CCN1CCN(c2ccccc2)CC1)c1cccs1. The molecule has 25 heavy (non-hydrogen) atoms. The average molecular weight is 356 g/mol. The van der Waals surface area contributed by atoms with Crippen molar-refractivity contribution >= 4 is 28.6 Å². The first kappa shape index (κ1) is 17.6. The first-order valence-corrected chi connectivity index (χ1v) is 9.50. The largest absolute Gasteiger partial charge is 0.369 e. The lowest BCUT2D eigenvalue weighted by molar-refractivity contribution is -0.121. The van der Waals surface area contributed by atoms with Crippen LogP contribution >= 0.6 is 11.3 Å². The Morgan fingerprint density at radius 1 is 1.12 bits per heavy atom. The summed E-state index contributed by atoms with van der Waals surface area (Å²) in [6, 6.07) is 14.5. The number of benzene rings is 1. The lowest BCUT2D eigenvalue weighted by atomic mass is 10.2. The maximum absolute atomic E-state index is 12.0. The topological polar surface area (TPSA) is 47.9 Å². The van der Waals surface area contributed by atoms with Crippen molar-refractivity contribution < 1.29 is 4.79 Å². The van der Waals surface area contributed by atoms with E-state index in [0.29, 0.717) is 6.42 Å². The molecule has 0 spiro atoms. The van der Waals surface area contributed by atoms with E-state index in [1.165, 1.54) is 5.69 Å². The molecule has 1 aromatic carbocycles. The Kier molecular flexibility index (Phi) is 6.19. The fourth-order valence-electron chi connectivity index (χ4n) is 2.87. The van der Waals surface area contributed by atoms with Gasteiger partial charge in [-0.15, -0.1) is 11.3 Å². The van der Waals surface area contributed by atoms with Crippen LogP contribution in [0.2, 0.25) is 0 Å². The Labute approximate surface area is 153 Å². The molecule has 1 aliphatic heterocycles. The minimum Gasteiger partial charge on any atom is -0.369 e. The van der Waals surface area contributed by atoms with E-state index in [2.05, 4.69) is 44.6 Å². The maximum atomic E-state index is 12.0. The van der Waals surface area contributed by atoms with Crippen LogP contribution in [0, 0.1) is 0 Å². The molecule has 1 aliphatic rings. The molecule has 0 radical (unpaired) electrons. The Hall–Kier alpha value is -2.18. The van der Waals surface area contributed by atoms with Crippen molar-refractivity contribution in [3.8, 4) is 0 Å². The fourth-order valence-corrected chi connectivity index (χ4v) is 3.55. The summed E-state index contributed by atoms with van der Waals surface area (Å²) >= 11 is 1.62. The molecule has 1 saturated heterocycles. The van der Waals surface area contributed by atoms with E-state index >= 15 is 0 Å². The number of hydrogen-bond acceptors (Lipinski definition) is 5. The summed E-state index contributed by atoms with van der Waals surface area (Å²) in [6.07, 6.45) is 0.479. The molecule has 132 valence electrons. The van der Waals surface area contributed by atoms with Gasteiger partial charge in [-0.1, -0.05) is 24.3 Å². The minimum atomic E-state index is -0.0265. The van der Waals surface area contributed by atoms with Crippen molar-refractivity contribution in [2.24, 2.45) is 5.10 Å². The second kappa shape index (κ2) is 8.78. The number of rotatable bonds is 6. The van der Waals surface area contributed by atoms with E-state index in [1.807, 2.05) is 30.5 Å². The third-order valence-electron chi connectivity index (χ3n) is 4.37. The molecule has 0 atom stereocenters. The van der Waals surface area contributed by atoms with Crippen LogP contribution in [0.5, 0.6) is 0 Å². The molecule has 6 heteroatoms. The van der Waals surface area contributed by atoms with Gasteiger partial charge in [0.2, 0.25) is 5.91 Å². The molecule has 1 fully saturated rings. The smallest absolute Gasteiger partial charge is 0.241 e. The number of thiophene rings is 1. The van der Waals surface area contributed by atoms with Crippen molar-refractivity contribution in [1.29, 1.82) is 0 Å². The third-order valence-corrected chi connectivity index (χ3v) is 5.35. The summed E-state index contributed by atoms with van der Waals surface area (Å²) in [5, 5.41) is 6.19. The van der Waals surface area contributed by atoms with E-state index in [-0.39, 0.29) is 5.91 Å². The predicted molar refractivity (Wildman–Crippen MR) is 104 cm³/mol. The highest BCUT2D eigenvalue weighted by Crippen LogP contribution is 2.15. The molecule has 0 aliphatic carbocycles. The van der Waals surface area contributed by atoms with Crippen molar-refractivity contribution in [2.45, 2.75) is 13.3 Å². The summed E-state index contributed by atoms with van der Waals surface area (Å²) in [5.41, 5.74) is 4.79. The molecule has 0 bridgehead atoms. The number of anilines is 1. The van der Waals surface area contributed by atoms with Gasteiger partial charge in [-0.25, -0.2) is 5.43 Å². The number of nitrogens with one attached hydrogen (secondary N) is 1. The number of nitrogens with zero attached hydrogens (tertiary/aromatic N) is 3. The Bertz CT molecular complexity index is 691. The number of hydrazone groups is 1. The van der Waals surface area contributed by atoms with Crippen LogP contribution in [-0.2, 0) is 4.79 Å². The Morgan fingerprint density at radius 3 is 2.56 bits per heavy atom. The number of amides is 1. The number of para-hydroxylation sites is 1.